The first-order valence-electron chi connectivity index (χ1n) is 9.14. The highest BCUT2D eigenvalue weighted by molar-refractivity contribution is 5.68. The number of carbonyl (C=O) groups excluding carboxylic acids is 1. The van der Waals surface area contributed by atoms with E-state index in [2.05, 4.69) is 15.1 Å². The predicted molar refractivity (Wildman–Crippen MR) is 94.1 cm³/mol. The third kappa shape index (κ3) is 4.22. The number of nitrogens with one attached hydrogen (secondary N) is 1. The Hall–Kier alpha value is -1.72. The van der Waals surface area contributed by atoms with E-state index in [0.29, 0.717) is 0 Å². The number of likely N-dealkylation sites (tertiary alicyclic amines) is 1. The van der Waals surface area contributed by atoms with E-state index in [1.165, 1.54) is 18.5 Å². The quantitative estimate of drug-likeness (QED) is 0.902. The Morgan fingerprint density at radius 1 is 1.12 bits per heavy atom. The van der Waals surface area contributed by atoms with Crippen molar-refractivity contribution in [3.05, 3.63) is 12.4 Å². The minimum atomic E-state index is -0.409. The van der Waals surface area contributed by atoms with E-state index in [9.17, 15) is 4.79 Å². The van der Waals surface area contributed by atoms with Gasteiger partial charge < -0.3 is 14.5 Å². The van der Waals surface area contributed by atoms with Crippen LogP contribution in [0.15, 0.2) is 12.4 Å². The molecule has 2 aliphatic heterocycles. The van der Waals surface area contributed by atoms with Gasteiger partial charge in [-0.05, 0) is 58.3 Å². The Bertz CT molecular complexity index is 522. The molecule has 1 amide bonds. The lowest BCUT2D eigenvalue weighted by Crippen LogP contribution is -2.44. The second-order valence-electron chi connectivity index (χ2n) is 8.09. The van der Waals surface area contributed by atoms with Gasteiger partial charge in [-0.1, -0.05) is 0 Å². The van der Waals surface area contributed by atoms with Gasteiger partial charge in [0, 0.05) is 32.4 Å². The van der Waals surface area contributed by atoms with E-state index in [-0.39, 0.29) is 6.09 Å². The monoisotopic (exact) mass is 334 g/mol. The summed E-state index contributed by atoms with van der Waals surface area (Å²) >= 11 is 0. The highest BCUT2D eigenvalue weighted by Gasteiger charge is 2.32. The maximum Gasteiger partial charge on any atom is 0.410 e. The molecule has 134 valence electrons. The van der Waals surface area contributed by atoms with E-state index in [1.807, 2.05) is 38.1 Å². The molecule has 0 unspecified atom stereocenters. The summed E-state index contributed by atoms with van der Waals surface area (Å²) in [4.78, 5) is 16.4. The number of hydrogen-bond acceptors (Lipinski definition) is 4. The molecule has 2 saturated heterocycles. The molecule has 2 fully saturated rings. The van der Waals surface area contributed by atoms with Gasteiger partial charge in [0.1, 0.15) is 5.60 Å². The minimum Gasteiger partial charge on any atom is -0.444 e. The summed E-state index contributed by atoms with van der Waals surface area (Å²) in [6, 6.07) is 0. The predicted octanol–water partition coefficient (Wildman–Crippen LogP) is 3.27. The molecule has 0 atom stereocenters. The van der Waals surface area contributed by atoms with Crippen molar-refractivity contribution in [2.24, 2.45) is 11.8 Å². The minimum absolute atomic E-state index is 0.157. The fraction of sp³-hybridized carbons (Fsp3) is 0.778. The Morgan fingerprint density at radius 3 is 2.21 bits per heavy atom. The molecular weight excluding hydrogens is 304 g/mol. The van der Waals surface area contributed by atoms with Crippen LogP contribution in [0.3, 0.4) is 0 Å². The Kier molecular flexibility index (Phi) is 5.01. The maximum absolute atomic E-state index is 12.2. The van der Waals surface area contributed by atoms with Crippen LogP contribution in [0.5, 0.6) is 0 Å². The van der Waals surface area contributed by atoms with Gasteiger partial charge in [0.25, 0.3) is 0 Å². The lowest BCUT2D eigenvalue weighted by atomic mass is 9.79. The van der Waals surface area contributed by atoms with Crippen LogP contribution in [0.2, 0.25) is 0 Å². The highest BCUT2D eigenvalue weighted by atomic mass is 16.6. The zero-order chi connectivity index (χ0) is 17.2. The van der Waals surface area contributed by atoms with E-state index in [4.69, 9.17) is 4.74 Å². The molecule has 0 bridgehead atoms. The second kappa shape index (κ2) is 7.03. The number of amides is 1. The van der Waals surface area contributed by atoms with Crippen LogP contribution in [0.25, 0.3) is 0 Å². The van der Waals surface area contributed by atoms with Crippen LogP contribution in [0, 0.1) is 11.8 Å². The fourth-order valence-corrected chi connectivity index (χ4v) is 3.93. The molecule has 2 aliphatic rings. The molecule has 6 heteroatoms. The first-order valence-corrected chi connectivity index (χ1v) is 9.14. The van der Waals surface area contributed by atoms with Crippen LogP contribution in [0.4, 0.5) is 10.5 Å². The first-order chi connectivity index (χ1) is 11.4. The zero-order valence-electron chi connectivity index (χ0n) is 15.1. The fourth-order valence-electron chi connectivity index (χ4n) is 3.93. The topological polar surface area (TPSA) is 61.5 Å². The van der Waals surface area contributed by atoms with E-state index < -0.39 is 5.60 Å². The summed E-state index contributed by atoms with van der Waals surface area (Å²) in [5, 5.41) is 6.93. The number of H-pyrrole nitrogens is 1. The van der Waals surface area contributed by atoms with Gasteiger partial charge in [-0.3, -0.25) is 5.10 Å². The maximum atomic E-state index is 12.2. The van der Waals surface area contributed by atoms with Gasteiger partial charge in [-0.15, -0.1) is 0 Å². The number of ether oxygens (including phenoxy) is 1. The summed E-state index contributed by atoms with van der Waals surface area (Å²) < 4.78 is 5.48. The first kappa shape index (κ1) is 17.1. The van der Waals surface area contributed by atoms with Crippen molar-refractivity contribution < 1.29 is 9.53 Å². The molecule has 3 rings (SSSR count). The molecule has 1 aromatic rings. The van der Waals surface area contributed by atoms with Crippen molar-refractivity contribution in [2.45, 2.75) is 52.1 Å². The van der Waals surface area contributed by atoms with Crippen LogP contribution >= 0.6 is 0 Å². The number of aromatic nitrogens is 2. The summed E-state index contributed by atoms with van der Waals surface area (Å²) in [6.07, 6.45) is 8.41. The molecule has 1 N–H and O–H groups in total. The Labute approximate surface area is 144 Å². The summed E-state index contributed by atoms with van der Waals surface area (Å²) in [5.74, 6) is 1.53. The van der Waals surface area contributed by atoms with Crippen molar-refractivity contribution in [3.8, 4) is 0 Å². The Balaban J connectivity index is 1.43. The average Bonchev–Trinajstić information content (AvgIpc) is 3.08. The van der Waals surface area contributed by atoms with E-state index in [0.717, 1.165) is 50.9 Å². The molecule has 6 nitrogen and oxygen atoms in total. The van der Waals surface area contributed by atoms with Gasteiger partial charge in [-0.25, -0.2) is 4.79 Å². The van der Waals surface area contributed by atoms with Gasteiger partial charge in [0.05, 0.1) is 11.9 Å². The summed E-state index contributed by atoms with van der Waals surface area (Å²) in [5.41, 5.74) is 0.793. The van der Waals surface area contributed by atoms with Crippen LogP contribution in [-0.2, 0) is 4.74 Å². The van der Waals surface area contributed by atoms with Gasteiger partial charge in [0.15, 0.2) is 0 Å². The third-order valence-corrected chi connectivity index (χ3v) is 5.25. The van der Waals surface area contributed by atoms with Crippen molar-refractivity contribution in [1.82, 2.24) is 15.1 Å². The largest absolute Gasteiger partial charge is 0.444 e. The molecule has 0 aromatic carbocycles. The smallest absolute Gasteiger partial charge is 0.410 e. The molecule has 0 spiro atoms. The van der Waals surface area contributed by atoms with Crippen molar-refractivity contribution >= 4 is 11.8 Å². The molecule has 1 aromatic heterocycles. The van der Waals surface area contributed by atoms with E-state index in [1.54, 1.807) is 0 Å². The average molecular weight is 334 g/mol. The van der Waals surface area contributed by atoms with Crippen LogP contribution in [-0.4, -0.2) is 53.0 Å². The lowest BCUT2D eigenvalue weighted by molar-refractivity contribution is 0.0152. The van der Waals surface area contributed by atoms with Crippen molar-refractivity contribution in [2.75, 3.05) is 31.1 Å². The Morgan fingerprint density at radius 2 is 1.71 bits per heavy atom. The third-order valence-electron chi connectivity index (χ3n) is 5.25. The van der Waals surface area contributed by atoms with Crippen LogP contribution < -0.4 is 4.90 Å². The molecule has 0 saturated carbocycles. The summed E-state index contributed by atoms with van der Waals surface area (Å²) in [6.45, 7) is 9.65. The summed E-state index contributed by atoms with van der Waals surface area (Å²) in [7, 11) is 0. The zero-order valence-corrected chi connectivity index (χ0v) is 15.1. The highest BCUT2D eigenvalue weighted by Crippen LogP contribution is 2.34. The number of carbonyl (C=O) groups is 1. The number of anilines is 1. The number of aromatic amines is 1. The van der Waals surface area contributed by atoms with Gasteiger partial charge in [-0.2, -0.15) is 5.10 Å². The van der Waals surface area contributed by atoms with Gasteiger partial charge >= 0.3 is 6.09 Å². The molecule has 24 heavy (non-hydrogen) atoms. The molecule has 0 radical (unpaired) electrons. The lowest BCUT2D eigenvalue weighted by Gasteiger charge is -2.40. The van der Waals surface area contributed by atoms with Gasteiger partial charge in [0.2, 0.25) is 0 Å². The number of rotatable bonds is 2. The van der Waals surface area contributed by atoms with Crippen molar-refractivity contribution in [3.63, 3.8) is 0 Å². The molecular formula is C18H30N4O2. The van der Waals surface area contributed by atoms with Crippen LogP contribution in [0.1, 0.15) is 46.5 Å². The number of nitrogens with zero attached hydrogens (tertiary/aromatic N) is 3. The number of hydrogen-bond donors (Lipinski definition) is 1. The van der Waals surface area contributed by atoms with Crippen molar-refractivity contribution in [1.29, 1.82) is 0 Å². The molecule has 0 aliphatic carbocycles. The normalized spacial score (nSPS) is 21.1. The SMILES string of the molecule is CC(C)(C)OC(=O)N1CCC(C2CCN(c3cn[nH]c3)CC2)CC1. The molecule has 3 heterocycles. The van der Waals surface area contributed by atoms with E-state index >= 15 is 0 Å². The number of piperidine rings is 2. The standard InChI is InChI=1S/C18H30N4O2/c1-18(2,3)24-17(23)22-10-6-15(7-11-22)14-4-8-21(9-5-14)16-12-19-20-13-16/h12-15H,4-11H2,1-3H3,(H,19,20). The second-order valence-corrected chi connectivity index (χ2v) is 8.09.